The average molecular weight is 342 g/mol. The zero-order valence-corrected chi connectivity index (χ0v) is 13.7. The van der Waals surface area contributed by atoms with Crippen LogP contribution in [-0.2, 0) is 5.75 Å². The zero-order valence-electron chi connectivity index (χ0n) is 12.9. The van der Waals surface area contributed by atoms with Gasteiger partial charge in [0.2, 0.25) is 11.1 Å². The van der Waals surface area contributed by atoms with Crippen LogP contribution in [0.2, 0.25) is 0 Å². The van der Waals surface area contributed by atoms with Gasteiger partial charge in [-0.2, -0.15) is 10.1 Å². The maximum absolute atomic E-state index is 12.9. The molecule has 0 bridgehead atoms. The zero-order chi connectivity index (χ0) is 16.8. The molecule has 2 aromatic heterocycles. The summed E-state index contributed by atoms with van der Waals surface area (Å²) in [5, 5.41) is 11.7. The second-order valence-corrected chi connectivity index (χ2v) is 5.83. The number of nitrogens with one attached hydrogen (secondary N) is 2. The monoisotopic (exact) mass is 342 g/mol. The highest BCUT2D eigenvalue weighted by Crippen LogP contribution is 2.18. The maximum Gasteiger partial charge on any atom is 0.240 e. The molecule has 0 aliphatic carbocycles. The summed E-state index contributed by atoms with van der Waals surface area (Å²) in [5.41, 5.74) is 5.32. The topological polar surface area (TPSA) is 78.8 Å². The van der Waals surface area contributed by atoms with Crippen LogP contribution in [0.25, 0.3) is 0 Å². The van der Waals surface area contributed by atoms with Crippen LogP contribution in [0.15, 0.2) is 58.9 Å². The Morgan fingerprint density at radius 1 is 1.25 bits per heavy atom. The third kappa shape index (κ3) is 4.39. The van der Waals surface area contributed by atoms with Gasteiger partial charge in [-0.25, -0.2) is 14.9 Å². The van der Waals surface area contributed by atoms with Gasteiger partial charge in [0.25, 0.3) is 0 Å². The molecule has 1 aromatic carbocycles. The molecule has 0 atom stereocenters. The first-order valence-electron chi connectivity index (χ1n) is 7.22. The third-order valence-electron chi connectivity index (χ3n) is 3.13. The Kier molecular flexibility index (Phi) is 5.17. The minimum atomic E-state index is -0.274. The number of rotatable bonds is 6. The van der Waals surface area contributed by atoms with E-state index in [2.05, 4.69) is 30.7 Å². The van der Waals surface area contributed by atoms with E-state index in [9.17, 15) is 4.39 Å². The number of nitrogens with zero attached hydrogens (tertiary/aromatic N) is 4. The lowest BCUT2D eigenvalue weighted by atomic mass is 10.1. The van der Waals surface area contributed by atoms with Crippen molar-refractivity contribution in [2.24, 2.45) is 5.10 Å². The number of benzene rings is 1. The number of aromatic amines is 1. The molecule has 0 amide bonds. The van der Waals surface area contributed by atoms with E-state index < -0.39 is 0 Å². The molecule has 3 rings (SSSR count). The van der Waals surface area contributed by atoms with E-state index in [-0.39, 0.29) is 5.82 Å². The van der Waals surface area contributed by atoms with Crippen LogP contribution in [0.1, 0.15) is 18.2 Å². The lowest BCUT2D eigenvalue weighted by Crippen LogP contribution is -2.00. The first-order valence-corrected chi connectivity index (χ1v) is 8.20. The molecule has 3 aromatic rings. The quantitative estimate of drug-likeness (QED) is 0.407. The molecular weight excluding hydrogens is 327 g/mol. The Bertz CT molecular complexity index is 816. The van der Waals surface area contributed by atoms with E-state index in [4.69, 9.17) is 0 Å². The van der Waals surface area contributed by atoms with E-state index >= 15 is 0 Å². The van der Waals surface area contributed by atoms with Crippen LogP contribution >= 0.6 is 11.8 Å². The summed E-state index contributed by atoms with van der Waals surface area (Å²) in [6.45, 7) is 1.83. The van der Waals surface area contributed by atoms with Crippen molar-refractivity contribution in [1.82, 2.24) is 20.2 Å². The summed E-state index contributed by atoms with van der Waals surface area (Å²) < 4.78 is 12.9. The standard InChI is InChI=1S/C16H15FN6S/c1-11(12-5-7-13(17)8-6-12)20-21-15-19-16(23-22-15)24-10-14-4-2-3-9-18-14/h2-9H,10H2,1H3,(H2,19,21,22,23)/b20-11+. The van der Waals surface area contributed by atoms with Gasteiger partial charge in [0.1, 0.15) is 5.82 Å². The van der Waals surface area contributed by atoms with Crippen molar-refractivity contribution in [3.8, 4) is 0 Å². The molecule has 0 radical (unpaired) electrons. The summed E-state index contributed by atoms with van der Waals surface area (Å²) in [6.07, 6.45) is 1.76. The molecule has 0 saturated heterocycles. The molecular formula is C16H15FN6S. The normalized spacial score (nSPS) is 11.5. The van der Waals surface area contributed by atoms with E-state index in [1.165, 1.54) is 23.9 Å². The predicted octanol–water partition coefficient (Wildman–Crippen LogP) is 3.47. The molecule has 8 heteroatoms. The van der Waals surface area contributed by atoms with Gasteiger partial charge >= 0.3 is 0 Å². The first kappa shape index (κ1) is 16.1. The minimum Gasteiger partial charge on any atom is -0.260 e. The Morgan fingerprint density at radius 3 is 2.83 bits per heavy atom. The van der Waals surface area contributed by atoms with Crippen molar-refractivity contribution in [2.75, 3.05) is 5.43 Å². The maximum atomic E-state index is 12.9. The number of anilines is 1. The largest absolute Gasteiger partial charge is 0.260 e. The van der Waals surface area contributed by atoms with Crippen LogP contribution in [0, 0.1) is 5.82 Å². The van der Waals surface area contributed by atoms with E-state index in [1.807, 2.05) is 25.1 Å². The van der Waals surface area contributed by atoms with E-state index in [0.29, 0.717) is 22.6 Å². The van der Waals surface area contributed by atoms with Crippen molar-refractivity contribution in [3.05, 3.63) is 65.7 Å². The SMILES string of the molecule is C/C(=N\Nc1nc(SCc2ccccn2)n[nH]1)c1ccc(F)cc1. The lowest BCUT2D eigenvalue weighted by molar-refractivity contribution is 0.628. The average Bonchev–Trinajstić information content (AvgIpc) is 3.07. The first-order chi connectivity index (χ1) is 11.7. The highest BCUT2D eigenvalue weighted by atomic mass is 32.2. The summed E-state index contributed by atoms with van der Waals surface area (Å²) in [7, 11) is 0. The van der Waals surface area contributed by atoms with Gasteiger partial charge in [0.05, 0.1) is 11.4 Å². The Balaban J connectivity index is 1.57. The van der Waals surface area contributed by atoms with Crippen molar-refractivity contribution in [1.29, 1.82) is 0 Å². The summed E-state index contributed by atoms with van der Waals surface area (Å²) in [6, 6.07) is 11.9. The fraction of sp³-hybridized carbons (Fsp3) is 0.125. The van der Waals surface area contributed by atoms with Crippen LogP contribution in [0.3, 0.4) is 0 Å². The van der Waals surface area contributed by atoms with Crippen molar-refractivity contribution in [2.45, 2.75) is 17.8 Å². The van der Waals surface area contributed by atoms with Crippen LogP contribution in [0.4, 0.5) is 10.3 Å². The molecule has 0 fully saturated rings. The van der Waals surface area contributed by atoms with Gasteiger partial charge in [-0.1, -0.05) is 30.0 Å². The Hall–Kier alpha value is -2.74. The molecule has 0 saturated carbocycles. The number of aromatic nitrogens is 4. The second kappa shape index (κ2) is 7.69. The van der Waals surface area contributed by atoms with E-state index in [0.717, 1.165) is 11.3 Å². The van der Waals surface area contributed by atoms with Gasteiger partial charge in [0.15, 0.2) is 0 Å². The highest BCUT2D eigenvalue weighted by Gasteiger charge is 2.05. The number of thioether (sulfide) groups is 1. The van der Waals surface area contributed by atoms with E-state index in [1.54, 1.807) is 18.3 Å². The highest BCUT2D eigenvalue weighted by molar-refractivity contribution is 7.98. The molecule has 122 valence electrons. The van der Waals surface area contributed by atoms with Crippen molar-refractivity contribution >= 4 is 23.4 Å². The molecule has 0 aliphatic rings. The Morgan fingerprint density at radius 2 is 2.08 bits per heavy atom. The fourth-order valence-corrected chi connectivity index (χ4v) is 2.59. The predicted molar refractivity (Wildman–Crippen MR) is 92.4 cm³/mol. The molecule has 0 unspecified atom stereocenters. The molecule has 0 spiro atoms. The number of halogens is 1. The summed E-state index contributed by atoms with van der Waals surface area (Å²) >= 11 is 1.48. The van der Waals surface area contributed by atoms with Crippen LogP contribution in [-0.4, -0.2) is 25.9 Å². The van der Waals surface area contributed by atoms with Crippen molar-refractivity contribution in [3.63, 3.8) is 0 Å². The third-order valence-corrected chi connectivity index (χ3v) is 4.01. The van der Waals surface area contributed by atoms with Gasteiger partial charge in [-0.3, -0.25) is 4.98 Å². The molecule has 0 aliphatic heterocycles. The van der Waals surface area contributed by atoms with Gasteiger partial charge in [-0.15, -0.1) is 5.10 Å². The molecule has 6 nitrogen and oxygen atoms in total. The number of hydrazone groups is 1. The second-order valence-electron chi connectivity index (χ2n) is 4.89. The molecule has 24 heavy (non-hydrogen) atoms. The smallest absolute Gasteiger partial charge is 0.240 e. The summed E-state index contributed by atoms with van der Waals surface area (Å²) in [4.78, 5) is 8.54. The minimum absolute atomic E-state index is 0.274. The van der Waals surface area contributed by atoms with Crippen LogP contribution in [0.5, 0.6) is 0 Å². The Labute approximate surface area is 142 Å². The number of hydrogen-bond donors (Lipinski definition) is 2. The number of hydrogen-bond acceptors (Lipinski definition) is 6. The van der Waals surface area contributed by atoms with Gasteiger partial charge in [-0.05, 0) is 36.8 Å². The summed E-state index contributed by atoms with van der Waals surface area (Å²) in [5.74, 6) is 0.861. The van der Waals surface area contributed by atoms with Gasteiger partial charge < -0.3 is 0 Å². The van der Waals surface area contributed by atoms with Gasteiger partial charge in [0, 0.05) is 11.9 Å². The number of H-pyrrole nitrogens is 1. The molecule has 2 N–H and O–H groups in total. The van der Waals surface area contributed by atoms with Crippen LogP contribution < -0.4 is 5.43 Å². The van der Waals surface area contributed by atoms with Crippen molar-refractivity contribution < 1.29 is 4.39 Å². The fourth-order valence-electron chi connectivity index (χ4n) is 1.88. The number of pyridine rings is 1. The molecule has 2 heterocycles. The lowest BCUT2D eigenvalue weighted by Gasteiger charge is -2.00.